The number of halogens is 3. The summed E-state index contributed by atoms with van der Waals surface area (Å²) in [4.78, 5) is 7.62. The van der Waals surface area contributed by atoms with Gasteiger partial charge in [-0.3, -0.25) is 9.36 Å². The fourth-order valence-electron chi connectivity index (χ4n) is 3.07. The highest BCUT2D eigenvalue weighted by molar-refractivity contribution is 5.97. The zero-order chi connectivity index (χ0) is 20.5. The Bertz CT molecular complexity index is 914. The molecular weight excluding hydrogens is 373 g/mol. The quantitative estimate of drug-likeness (QED) is 0.617. The van der Waals surface area contributed by atoms with E-state index < -0.39 is 11.7 Å². The summed E-state index contributed by atoms with van der Waals surface area (Å²) in [7, 11) is 1.36. The molecule has 0 aliphatic carbocycles. The number of nitrogens with zero attached hydrogens (tertiary/aromatic N) is 6. The first-order valence-corrected chi connectivity index (χ1v) is 8.57. The Morgan fingerprint density at radius 1 is 1.36 bits per heavy atom. The predicted octanol–water partition coefficient (Wildman–Crippen LogP) is 2.67. The molecule has 28 heavy (non-hydrogen) atoms. The van der Waals surface area contributed by atoms with Crippen molar-refractivity contribution >= 4 is 18.4 Å². The summed E-state index contributed by atoms with van der Waals surface area (Å²) in [6, 6.07) is 2.09. The SMILES string of the molecule is C=NC(=N/C(NC)=C(\C)C(F)(F)F)Nc1cnn(C2Cc3ccnn3C2)c1C. The van der Waals surface area contributed by atoms with Crippen LogP contribution in [0.2, 0.25) is 0 Å². The molecule has 0 saturated heterocycles. The molecule has 2 aromatic rings. The molecule has 0 fully saturated rings. The number of alkyl halides is 3. The van der Waals surface area contributed by atoms with Crippen LogP contribution < -0.4 is 10.6 Å². The third-order valence-electron chi connectivity index (χ3n) is 4.65. The van der Waals surface area contributed by atoms with Gasteiger partial charge in [-0.05, 0) is 26.6 Å². The van der Waals surface area contributed by atoms with Crippen LogP contribution >= 0.6 is 0 Å². The minimum Gasteiger partial charge on any atom is -0.373 e. The van der Waals surface area contributed by atoms with E-state index in [1.807, 2.05) is 22.4 Å². The van der Waals surface area contributed by atoms with E-state index in [0.29, 0.717) is 12.2 Å². The number of guanidine groups is 1. The normalized spacial score (nSPS) is 17.9. The first kappa shape index (κ1) is 19.6. The smallest absolute Gasteiger partial charge is 0.373 e. The second-order valence-corrected chi connectivity index (χ2v) is 6.39. The van der Waals surface area contributed by atoms with Crippen molar-refractivity contribution in [3.05, 3.63) is 41.2 Å². The molecule has 2 aromatic heterocycles. The number of rotatable bonds is 4. The average Bonchev–Trinajstić information content (AvgIpc) is 3.32. The fourth-order valence-corrected chi connectivity index (χ4v) is 3.07. The van der Waals surface area contributed by atoms with Gasteiger partial charge in [-0.25, -0.2) is 4.99 Å². The van der Waals surface area contributed by atoms with Crippen LogP contribution in [0.15, 0.2) is 39.8 Å². The number of hydrogen-bond donors (Lipinski definition) is 2. The lowest BCUT2D eigenvalue weighted by Crippen LogP contribution is -2.20. The molecule has 3 heterocycles. The summed E-state index contributed by atoms with van der Waals surface area (Å²) in [6.45, 7) is 6.91. The Labute approximate surface area is 159 Å². The van der Waals surface area contributed by atoms with Crippen molar-refractivity contribution in [3.63, 3.8) is 0 Å². The van der Waals surface area contributed by atoms with E-state index in [9.17, 15) is 13.2 Å². The topological polar surface area (TPSA) is 84.4 Å². The molecule has 3 rings (SSSR count). The lowest BCUT2D eigenvalue weighted by atomic mass is 10.2. The third kappa shape index (κ3) is 3.78. The van der Waals surface area contributed by atoms with Gasteiger partial charge in [0.05, 0.1) is 35.7 Å². The van der Waals surface area contributed by atoms with Crippen molar-refractivity contribution in [2.75, 3.05) is 12.4 Å². The molecule has 0 aromatic carbocycles. The van der Waals surface area contributed by atoms with Gasteiger partial charge in [-0.2, -0.15) is 28.4 Å². The molecule has 1 unspecified atom stereocenters. The van der Waals surface area contributed by atoms with Gasteiger partial charge in [0.15, 0.2) is 0 Å². The Hall–Kier alpha value is -3.11. The molecule has 1 aliphatic heterocycles. The highest BCUT2D eigenvalue weighted by Crippen LogP contribution is 2.28. The molecule has 2 N–H and O–H groups in total. The molecule has 11 heteroatoms. The summed E-state index contributed by atoms with van der Waals surface area (Å²) in [5.74, 6) is -0.399. The molecule has 0 saturated carbocycles. The zero-order valence-electron chi connectivity index (χ0n) is 15.7. The Morgan fingerprint density at radius 2 is 2.11 bits per heavy atom. The predicted molar refractivity (Wildman–Crippen MR) is 100 cm³/mol. The van der Waals surface area contributed by atoms with Crippen LogP contribution in [0.25, 0.3) is 0 Å². The number of allylic oxidation sites excluding steroid dienone is 1. The minimum absolute atomic E-state index is 0.0602. The van der Waals surface area contributed by atoms with Gasteiger partial charge in [-0.15, -0.1) is 0 Å². The summed E-state index contributed by atoms with van der Waals surface area (Å²) in [6.07, 6.45) is -0.332. The van der Waals surface area contributed by atoms with Crippen molar-refractivity contribution in [3.8, 4) is 0 Å². The molecule has 0 bridgehead atoms. The Balaban J connectivity index is 1.82. The number of aliphatic imine (C=N–C) groups is 2. The van der Waals surface area contributed by atoms with Gasteiger partial charge in [0, 0.05) is 25.4 Å². The molecule has 150 valence electrons. The van der Waals surface area contributed by atoms with E-state index in [1.54, 1.807) is 12.4 Å². The van der Waals surface area contributed by atoms with Crippen LogP contribution in [0.1, 0.15) is 24.4 Å². The summed E-state index contributed by atoms with van der Waals surface area (Å²) < 4.78 is 42.6. The Kier molecular flexibility index (Phi) is 5.25. The lowest BCUT2D eigenvalue weighted by molar-refractivity contribution is -0.0924. The van der Waals surface area contributed by atoms with E-state index in [2.05, 4.69) is 37.5 Å². The van der Waals surface area contributed by atoms with Crippen LogP contribution in [-0.2, 0) is 13.0 Å². The maximum Gasteiger partial charge on any atom is 0.415 e. The molecule has 0 amide bonds. The van der Waals surface area contributed by atoms with Crippen molar-refractivity contribution < 1.29 is 13.2 Å². The lowest BCUT2D eigenvalue weighted by Gasteiger charge is -2.14. The first-order chi connectivity index (χ1) is 13.2. The van der Waals surface area contributed by atoms with Crippen LogP contribution in [0, 0.1) is 6.92 Å². The average molecular weight is 394 g/mol. The van der Waals surface area contributed by atoms with Crippen molar-refractivity contribution in [2.45, 2.75) is 39.0 Å². The zero-order valence-corrected chi connectivity index (χ0v) is 15.7. The van der Waals surface area contributed by atoms with E-state index in [-0.39, 0.29) is 17.8 Å². The van der Waals surface area contributed by atoms with E-state index in [4.69, 9.17) is 0 Å². The summed E-state index contributed by atoms with van der Waals surface area (Å²) in [5, 5.41) is 14.0. The van der Waals surface area contributed by atoms with Crippen LogP contribution in [0.4, 0.5) is 18.9 Å². The summed E-state index contributed by atoms with van der Waals surface area (Å²) >= 11 is 0. The molecule has 1 atom stereocenters. The van der Waals surface area contributed by atoms with Gasteiger partial charge >= 0.3 is 6.18 Å². The highest BCUT2D eigenvalue weighted by Gasteiger charge is 2.33. The highest BCUT2D eigenvalue weighted by atomic mass is 19.4. The van der Waals surface area contributed by atoms with E-state index in [0.717, 1.165) is 24.7 Å². The van der Waals surface area contributed by atoms with E-state index >= 15 is 0 Å². The molecule has 8 nitrogen and oxygen atoms in total. The molecule has 1 aliphatic rings. The second kappa shape index (κ2) is 7.49. The van der Waals surface area contributed by atoms with Crippen LogP contribution in [0.5, 0.6) is 0 Å². The standard InChI is InChI=1S/C17H21F3N8/c1-10(17(18,19)20)15(21-3)26-16(22-4)25-14-8-24-28(11(14)2)13-7-12-5-6-23-27(12)9-13/h5-6,8,13,21H,4,7,9H2,1-3H3,(H,25,26)/b15-10+. The number of nitrogens with one attached hydrogen (secondary N) is 2. The number of hydrogen-bond acceptors (Lipinski definition) is 4. The van der Waals surface area contributed by atoms with Gasteiger partial charge in [0.25, 0.3) is 0 Å². The van der Waals surface area contributed by atoms with Crippen molar-refractivity contribution in [1.82, 2.24) is 24.9 Å². The largest absolute Gasteiger partial charge is 0.415 e. The molecular formula is C17H21F3N8. The van der Waals surface area contributed by atoms with E-state index in [1.165, 1.54) is 7.05 Å². The van der Waals surface area contributed by atoms with Gasteiger partial charge in [0.1, 0.15) is 5.82 Å². The number of aromatic nitrogens is 4. The Morgan fingerprint density at radius 3 is 2.71 bits per heavy atom. The molecule has 0 radical (unpaired) electrons. The minimum atomic E-state index is -4.50. The fraction of sp³-hybridized carbons (Fsp3) is 0.412. The third-order valence-corrected chi connectivity index (χ3v) is 4.65. The number of anilines is 1. The monoisotopic (exact) mass is 394 g/mol. The van der Waals surface area contributed by atoms with Crippen LogP contribution in [-0.4, -0.2) is 45.5 Å². The van der Waals surface area contributed by atoms with Crippen LogP contribution in [0.3, 0.4) is 0 Å². The van der Waals surface area contributed by atoms with Gasteiger partial charge < -0.3 is 10.6 Å². The second-order valence-electron chi connectivity index (χ2n) is 6.39. The summed E-state index contributed by atoms with van der Waals surface area (Å²) in [5.41, 5.74) is 1.69. The number of fused-ring (bicyclic) bond motifs is 1. The van der Waals surface area contributed by atoms with Gasteiger partial charge in [0.2, 0.25) is 5.96 Å². The first-order valence-electron chi connectivity index (χ1n) is 8.57. The van der Waals surface area contributed by atoms with Crippen molar-refractivity contribution in [1.29, 1.82) is 0 Å². The maximum atomic E-state index is 12.9. The van der Waals surface area contributed by atoms with Gasteiger partial charge in [-0.1, -0.05) is 0 Å². The maximum absolute atomic E-state index is 12.9. The van der Waals surface area contributed by atoms with Crippen molar-refractivity contribution in [2.24, 2.45) is 9.98 Å². The molecule has 0 spiro atoms.